The van der Waals surface area contributed by atoms with Gasteiger partial charge >= 0.3 is 0 Å². The molecule has 0 bridgehead atoms. The first-order valence-corrected chi connectivity index (χ1v) is 10.8. The van der Waals surface area contributed by atoms with E-state index in [9.17, 15) is 14.4 Å². The van der Waals surface area contributed by atoms with Crippen LogP contribution < -0.4 is 10.1 Å². The molecular formula is C23H28N4O4. The third-order valence-electron chi connectivity index (χ3n) is 6.22. The lowest BCUT2D eigenvalue weighted by molar-refractivity contribution is -0.139. The predicted molar refractivity (Wildman–Crippen MR) is 114 cm³/mol. The normalized spacial score (nSPS) is 21.9. The second kappa shape index (κ2) is 8.91. The molecule has 1 N–H and O–H groups in total. The third-order valence-corrected chi connectivity index (χ3v) is 6.22. The quantitative estimate of drug-likeness (QED) is 0.718. The second-order valence-corrected chi connectivity index (χ2v) is 8.34. The van der Waals surface area contributed by atoms with Gasteiger partial charge < -0.3 is 19.5 Å². The number of hydrogen-bond acceptors (Lipinski definition) is 5. The van der Waals surface area contributed by atoms with Crippen LogP contribution in [0.25, 0.3) is 0 Å². The molecule has 4 rings (SSSR count). The second-order valence-electron chi connectivity index (χ2n) is 8.34. The summed E-state index contributed by atoms with van der Waals surface area (Å²) in [5.74, 6) is 0.392. The Morgan fingerprint density at radius 1 is 1.29 bits per heavy atom. The monoisotopic (exact) mass is 424 g/mol. The molecule has 1 fully saturated rings. The van der Waals surface area contributed by atoms with Gasteiger partial charge in [0.2, 0.25) is 11.8 Å². The van der Waals surface area contributed by atoms with Gasteiger partial charge in [-0.3, -0.25) is 14.4 Å². The number of benzene rings is 1. The van der Waals surface area contributed by atoms with E-state index in [4.69, 9.17) is 4.74 Å². The van der Waals surface area contributed by atoms with E-state index in [-0.39, 0.29) is 30.4 Å². The van der Waals surface area contributed by atoms with Crippen LogP contribution in [0.5, 0.6) is 5.75 Å². The number of hydrogen-bond donors (Lipinski definition) is 1. The molecule has 1 aromatic heterocycles. The largest absolute Gasteiger partial charge is 0.486 e. The number of Topliss-reactive ketones (excluding diaryl/α,β-unsaturated/α-hetero) is 1. The maximum Gasteiger partial charge on any atom is 0.242 e. The number of nitrogens with zero attached hydrogens (tertiary/aromatic N) is 3. The van der Waals surface area contributed by atoms with Crippen molar-refractivity contribution in [1.29, 1.82) is 0 Å². The van der Waals surface area contributed by atoms with E-state index in [2.05, 4.69) is 10.3 Å². The van der Waals surface area contributed by atoms with Crippen LogP contribution in [0.3, 0.4) is 0 Å². The van der Waals surface area contributed by atoms with Gasteiger partial charge in [0.15, 0.2) is 5.78 Å². The van der Waals surface area contributed by atoms with Crippen LogP contribution in [0.4, 0.5) is 0 Å². The molecule has 1 saturated heterocycles. The standard InChI is InChI=1S/C23H28N4O4/c1-17(22(30)25-10-4-12-26-14-11-24-16-26)27-13-9-23(8-7-21(27)29)15-19(28)18-5-2-3-6-20(18)31-23/h2-3,5-6,11,14,16-17H,4,7-10,12-13,15H2,1H3,(H,25,30)/t17-,23+/m1/s1. The molecule has 2 amide bonds. The van der Waals surface area contributed by atoms with Crippen LogP contribution in [0.2, 0.25) is 0 Å². The highest BCUT2D eigenvalue weighted by molar-refractivity contribution is 6.00. The summed E-state index contributed by atoms with van der Waals surface area (Å²) >= 11 is 0. The van der Waals surface area contributed by atoms with Crippen molar-refractivity contribution in [3.8, 4) is 5.75 Å². The first kappa shape index (κ1) is 21.1. The Bertz CT molecular complexity index is 958. The Balaban J connectivity index is 1.34. The van der Waals surface area contributed by atoms with Crippen molar-refractivity contribution in [1.82, 2.24) is 19.8 Å². The molecule has 1 aromatic carbocycles. The number of aromatic nitrogens is 2. The highest BCUT2D eigenvalue weighted by atomic mass is 16.5. The van der Waals surface area contributed by atoms with Crippen LogP contribution in [0.1, 0.15) is 49.4 Å². The van der Waals surface area contributed by atoms with Crippen molar-refractivity contribution in [3.05, 3.63) is 48.5 Å². The summed E-state index contributed by atoms with van der Waals surface area (Å²) in [6.07, 6.45) is 7.65. The molecule has 2 aromatic rings. The van der Waals surface area contributed by atoms with Crippen molar-refractivity contribution in [2.24, 2.45) is 0 Å². The number of rotatable bonds is 6. The Morgan fingerprint density at radius 2 is 2.13 bits per heavy atom. The van der Waals surface area contributed by atoms with E-state index in [0.29, 0.717) is 37.2 Å². The molecule has 164 valence electrons. The number of ketones is 1. The molecule has 0 unspecified atom stereocenters. The number of imidazole rings is 1. The Hall–Kier alpha value is -3.16. The fourth-order valence-corrected chi connectivity index (χ4v) is 4.37. The summed E-state index contributed by atoms with van der Waals surface area (Å²) in [4.78, 5) is 43.7. The number of fused-ring (bicyclic) bond motifs is 1. The average Bonchev–Trinajstić information content (AvgIpc) is 3.23. The zero-order valence-corrected chi connectivity index (χ0v) is 17.8. The maximum atomic E-state index is 12.8. The molecular weight excluding hydrogens is 396 g/mol. The van der Waals surface area contributed by atoms with Gasteiger partial charge in [0.05, 0.1) is 18.3 Å². The molecule has 2 atom stereocenters. The molecule has 0 aliphatic carbocycles. The van der Waals surface area contributed by atoms with E-state index in [0.717, 1.165) is 13.0 Å². The highest BCUT2D eigenvalue weighted by Crippen LogP contribution is 2.39. The molecule has 8 heteroatoms. The number of nitrogens with one attached hydrogen (secondary N) is 1. The number of carbonyl (C=O) groups excluding carboxylic acids is 3. The van der Waals surface area contributed by atoms with E-state index in [1.165, 1.54) is 0 Å². The summed E-state index contributed by atoms with van der Waals surface area (Å²) in [6.45, 7) is 3.44. The number of para-hydroxylation sites is 1. The Labute approximate surface area is 181 Å². The first-order valence-electron chi connectivity index (χ1n) is 10.8. The topological polar surface area (TPSA) is 93.5 Å². The third kappa shape index (κ3) is 4.62. The number of carbonyl (C=O) groups is 3. The van der Waals surface area contributed by atoms with Crippen LogP contribution >= 0.6 is 0 Å². The van der Waals surface area contributed by atoms with Gasteiger partial charge in [0.25, 0.3) is 0 Å². The summed E-state index contributed by atoms with van der Waals surface area (Å²) < 4.78 is 8.21. The van der Waals surface area contributed by atoms with Crippen molar-refractivity contribution in [2.45, 2.75) is 57.2 Å². The Kier molecular flexibility index (Phi) is 6.06. The first-order chi connectivity index (χ1) is 15.0. The fourth-order valence-electron chi connectivity index (χ4n) is 4.37. The summed E-state index contributed by atoms with van der Waals surface area (Å²) in [7, 11) is 0. The van der Waals surface area contributed by atoms with Crippen LogP contribution in [-0.4, -0.2) is 56.8 Å². The molecule has 0 saturated carbocycles. The van der Waals surface area contributed by atoms with Gasteiger partial charge in [-0.2, -0.15) is 0 Å². The SMILES string of the molecule is C[C@H](C(=O)NCCCn1ccnc1)N1CC[C@@]2(CCC1=O)CC(=O)c1ccccc1O2. The van der Waals surface area contributed by atoms with Gasteiger partial charge in [-0.15, -0.1) is 0 Å². The summed E-state index contributed by atoms with van der Waals surface area (Å²) in [6, 6.07) is 6.68. The number of likely N-dealkylation sites (tertiary alicyclic amines) is 1. The minimum atomic E-state index is -0.684. The zero-order valence-electron chi connectivity index (χ0n) is 17.8. The zero-order chi connectivity index (χ0) is 21.8. The van der Waals surface area contributed by atoms with E-state index in [1.807, 2.05) is 22.9 Å². The molecule has 0 radical (unpaired) electrons. The van der Waals surface area contributed by atoms with Crippen molar-refractivity contribution in [2.75, 3.05) is 13.1 Å². The Morgan fingerprint density at radius 3 is 2.94 bits per heavy atom. The minimum Gasteiger partial charge on any atom is -0.486 e. The number of amides is 2. The van der Waals surface area contributed by atoms with E-state index >= 15 is 0 Å². The summed E-state index contributed by atoms with van der Waals surface area (Å²) in [5.41, 5.74) is -0.0828. The van der Waals surface area contributed by atoms with Crippen molar-refractivity contribution >= 4 is 17.6 Å². The summed E-state index contributed by atoms with van der Waals surface area (Å²) in [5, 5.41) is 2.92. The van der Waals surface area contributed by atoms with Gasteiger partial charge in [0.1, 0.15) is 17.4 Å². The predicted octanol–water partition coefficient (Wildman–Crippen LogP) is 2.19. The van der Waals surface area contributed by atoms with Gasteiger partial charge in [-0.05, 0) is 31.9 Å². The van der Waals surface area contributed by atoms with Gasteiger partial charge in [-0.1, -0.05) is 12.1 Å². The molecule has 2 aliphatic rings. The number of aryl methyl sites for hydroxylation is 1. The van der Waals surface area contributed by atoms with E-state index < -0.39 is 11.6 Å². The van der Waals surface area contributed by atoms with Crippen molar-refractivity contribution < 1.29 is 19.1 Å². The molecule has 1 spiro atoms. The van der Waals surface area contributed by atoms with Gasteiger partial charge in [0, 0.05) is 44.9 Å². The molecule has 31 heavy (non-hydrogen) atoms. The number of ether oxygens (including phenoxy) is 1. The molecule has 8 nitrogen and oxygen atoms in total. The lowest BCUT2D eigenvalue weighted by Crippen LogP contribution is -2.48. The molecule has 3 heterocycles. The van der Waals surface area contributed by atoms with Crippen LogP contribution in [0, 0.1) is 0 Å². The van der Waals surface area contributed by atoms with Gasteiger partial charge in [-0.25, -0.2) is 4.98 Å². The maximum absolute atomic E-state index is 12.8. The fraction of sp³-hybridized carbons (Fsp3) is 0.478. The van der Waals surface area contributed by atoms with Crippen LogP contribution in [-0.2, 0) is 16.1 Å². The highest BCUT2D eigenvalue weighted by Gasteiger charge is 2.44. The molecule has 2 aliphatic heterocycles. The lowest BCUT2D eigenvalue weighted by Gasteiger charge is -2.37. The lowest BCUT2D eigenvalue weighted by atomic mass is 9.84. The average molecular weight is 425 g/mol. The smallest absolute Gasteiger partial charge is 0.242 e. The van der Waals surface area contributed by atoms with Crippen LogP contribution in [0.15, 0.2) is 43.0 Å². The van der Waals surface area contributed by atoms with Crippen molar-refractivity contribution in [3.63, 3.8) is 0 Å². The minimum absolute atomic E-state index is 0.0476. The van der Waals surface area contributed by atoms with E-state index in [1.54, 1.807) is 36.5 Å².